The molecule has 0 unspecified atom stereocenters. The number of benzene rings is 1. The molecule has 0 aromatic heterocycles. The van der Waals surface area contributed by atoms with E-state index in [1.54, 1.807) is 0 Å². The molecule has 1 aliphatic rings. The number of nitrogens with zero attached hydrogens (tertiary/aromatic N) is 1. The molecule has 0 saturated heterocycles. The molecule has 1 aliphatic carbocycles. The van der Waals surface area contributed by atoms with Crippen LogP contribution in [0.15, 0.2) is 18.2 Å². The number of methoxy groups -OCH3 is 1. The molecule has 110 valence electrons. The van der Waals surface area contributed by atoms with Gasteiger partial charge in [-0.2, -0.15) is 0 Å². The van der Waals surface area contributed by atoms with Gasteiger partial charge in [-0.1, -0.05) is 19.3 Å². The minimum absolute atomic E-state index is 0.0291. The van der Waals surface area contributed by atoms with Crippen molar-refractivity contribution in [2.24, 2.45) is 0 Å². The van der Waals surface area contributed by atoms with Gasteiger partial charge in [0.2, 0.25) is 0 Å². The molecule has 0 heterocycles. The molecular formula is C16H22FNO2. The third-order valence-electron chi connectivity index (χ3n) is 4.37. The fraction of sp³-hybridized carbons (Fsp3) is 0.562. The van der Waals surface area contributed by atoms with Gasteiger partial charge in [-0.3, -0.25) is 9.69 Å². The Kier molecular flexibility index (Phi) is 4.43. The zero-order valence-corrected chi connectivity index (χ0v) is 12.4. The van der Waals surface area contributed by atoms with E-state index >= 15 is 0 Å². The first kappa shape index (κ1) is 15.0. The highest BCUT2D eigenvalue weighted by molar-refractivity contribution is 6.05. The molecule has 1 saturated carbocycles. The molecule has 3 nitrogen and oxygen atoms in total. The zero-order valence-electron chi connectivity index (χ0n) is 12.4. The number of likely N-dealkylation sites (N-methyl/N-ethyl adjacent to an activating group) is 1. The average molecular weight is 279 g/mol. The SMILES string of the molecule is COc1ccc(F)cc1C(=O)C1(N(C)C)CCCCC1. The van der Waals surface area contributed by atoms with Crippen LogP contribution in [-0.4, -0.2) is 37.4 Å². The summed E-state index contributed by atoms with van der Waals surface area (Å²) in [7, 11) is 5.36. The van der Waals surface area contributed by atoms with E-state index in [9.17, 15) is 9.18 Å². The van der Waals surface area contributed by atoms with Gasteiger partial charge in [-0.05, 0) is 45.1 Å². The number of ketones is 1. The van der Waals surface area contributed by atoms with E-state index in [1.165, 1.54) is 25.3 Å². The summed E-state index contributed by atoms with van der Waals surface area (Å²) in [4.78, 5) is 15.0. The smallest absolute Gasteiger partial charge is 0.186 e. The van der Waals surface area contributed by atoms with Gasteiger partial charge in [0.15, 0.2) is 5.78 Å². The van der Waals surface area contributed by atoms with E-state index in [4.69, 9.17) is 4.74 Å². The number of hydrogen-bond donors (Lipinski definition) is 0. The lowest BCUT2D eigenvalue weighted by Gasteiger charge is -2.41. The Labute approximate surface area is 119 Å². The third kappa shape index (κ3) is 2.57. The predicted octanol–water partition coefficient (Wildman–Crippen LogP) is 3.28. The van der Waals surface area contributed by atoms with Gasteiger partial charge < -0.3 is 4.74 Å². The maximum absolute atomic E-state index is 13.5. The summed E-state index contributed by atoms with van der Waals surface area (Å²) in [5, 5.41) is 0. The van der Waals surface area contributed by atoms with Gasteiger partial charge in [-0.25, -0.2) is 4.39 Å². The Hall–Kier alpha value is -1.42. The van der Waals surface area contributed by atoms with E-state index in [1.807, 2.05) is 19.0 Å². The molecule has 0 aliphatic heterocycles. The molecule has 1 fully saturated rings. The number of halogens is 1. The van der Waals surface area contributed by atoms with Gasteiger partial charge >= 0.3 is 0 Å². The van der Waals surface area contributed by atoms with Crippen molar-refractivity contribution in [1.29, 1.82) is 0 Å². The number of ether oxygens (including phenoxy) is 1. The normalized spacial score (nSPS) is 18.1. The standard InChI is InChI=1S/C16H22FNO2/c1-18(2)16(9-5-4-6-10-16)15(19)13-11-12(17)7-8-14(13)20-3/h7-8,11H,4-6,9-10H2,1-3H3. The largest absolute Gasteiger partial charge is 0.496 e. The predicted molar refractivity (Wildman–Crippen MR) is 76.8 cm³/mol. The third-order valence-corrected chi connectivity index (χ3v) is 4.37. The Morgan fingerprint density at radius 1 is 1.25 bits per heavy atom. The molecule has 0 atom stereocenters. The van der Waals surface area contributed by atoms with Crippen LogP contribution in [0.3, 0.4) is 0 Å². The van der Waals surface area contributed by atoms with Gasteiger partial charge in [0, 0.05) is 0 Å². The molecule has 1 aromatic carbocycles. The molecule has 0 spiro atoms. The average Bonchev–Trinajstić information content (AvgIpc) is 2.47. The molecule has 0 amide bonds. The molecule has 4 heteroatoms. The lowest BCUT2D eigenvalue weighted by molar-refractivity contribution is 0.0560. The van der Waals surface area contributed by atoms with Crippen molar-refractivity contribution < 1.29 is 13.9 Å². The molecule has 0 radical (unpaired) electrons. The van der Waals surface area contributed by atoms with Crippen LogP contribution in [0.5, 0.6) is 5.75 Å². The molecular weight excluding hydrogens is 257 g/mol. The summed E-state index contributed by atoms with van der Waals surface area (Å²) in [6.45, 7) is 0. The molecule has 20 heavy (non-hydrogen) atoms. The number of hydrogen-bond acceptors (Lipinski definition) is 3. The highest BCUT2D eigenvalue weighted by Gasteiger charge is 2.42. The number of carbonyl (C=O) groups is 1. The van der Waals surface area contributed by atoms with Gasteiger partial charge in [0.25, 0.3) is 0 Å². The van der Waals surface area contributed by atoms with Crippen LogP contribution in [0.2, 0.25) is 0 Å². The molecule has 0 N–H and O–H groups in total. The molecule has 0 bridgehead atoms. The summed E-state index contributed by atoms with van der Waals surface area (Å²) < 4.78 is 18.7. The van der Waals surface area contributed by atoms with Crippen molar-refractivity contribution in [3.05, 3.63) is 29.6 Å². The van der Waals surface area contributed by atoms with Gasteiger partial charge in [0.1, 0.15) is 11.6 Å². The van der Waals surface area contributed by atoms with E-state index in [2.05, 4.69) is 0 Å². The fourth-order valence-corrected chi connectivity index (χ4v) is 3.12. The van der Waals surface area contributed by atoms with Crippen molar-refractivity contribution in [1.82, 2.24) is 4.90 Å². The first-order valence-electron chi connectivity index (χ1n) is 7.07. The second-order valence-electron chi connectivity index (χ2n) is 5.66. The van der Waals surface area contributed by atoms with Crippen molar-refractivity contribution in [2.75, 3.05) is 21.2 Å². The van der Waals surface area contributed by atoms with Gasteiger partial charge in [-0.15, -0.1) is 0 Å². The van der Waals surface area contributed by atoms with Gasteiger partial charge in [0.05, 0.1) is 18.2 Å². The van der Waals surface area contributed by atoms with Crippen LogP contribution < -0.4 is 4.74 Å². The minimum Gasteiger partial charge on any atom is -0.496 e. The van der Waals surface area contributed by atoms with Crippen molar-refractivity contribution in [2.45, 2.75) is 37.6 Å². The van der Waals surface area contributed by atoms with Crippen LogP contribution >= 0.6 is 0 Å². The Bertz CT molecular complexity index is 493. The fourth-order valence-electron chi connectivity index (χ4n) is 3.12. The van der Waals surface area contributed by atoms with Crippen molar-refractivity contribution in [3.8, 4) is 5.75 Å². The second-order valence-corrected chi connectivity index (χ2v) is 5.66. The number of carbonyl (C=O) groups excluding carboxylic acids is 1. The lowest BCUT2D eigenvalue weighted by atomic mass is 9.75. The maximum Gasteiger partial charge on any atom is 0.186 e. The highest BCUT2D eigenvalue weighted by Crippen LogP contribution is 2.37. The number of rotatable bonds is 4. The Morgan fingerprint density at radius 2 is 1.90 bits per heavy atom. The quantitative estimate of drug-likeness (QED) is 0.792. The highest BCUT2D eigenvalue weighted by atomic mass is 19.1. The van der Waals surface area contributed by atoms with Crippen LogP contribution in [0.25, 0.3) is 0 Å². The first-order chi connectivity index (χ1) is 9.51. The Balaban J connectivity index is 2.44. The lowest BCUT2D eigenvalue weighted by Crippen LogP contribution is -2.52. The Morgan fingerprint density at radius 3 is 2.45 bits per heavy atom. The molecule has 1 aromatic rings. The van der Waals surface area contributed by atoms with E-state index < -0.39 is 11.4 Å². The monoisotopic (exact) mass is 279 g/mol. The second kappa shape index (κ2) is 5.92. The van der Waals surface area contributed by atoms with Crippen LogP contribution in [-0.2, 0) is 0 Å². The first-order valence-corrected chi connectivity index (χ1v) is 7.07. The van der Waals surface area contributed by atoms with Crippen LogP contribution in [0.4, 0.5) is 4.39 Å². The topological polar surface area (TPSA) is 29.5 Å². The maximum atomic E-state index is 13.5. The van der Waals surface area contributed by atoms with E-state index in [0.29, 0.717) is 11.3 Å². The summed E-state index contributed by atoms with van der Waals surface area (Å²) >= 11 is 0. The zero-order chi connectivity index (χ0) is 14.8. The minimum atomic E-state index is -0.528. The van der Waals surface area contributed by atoms with Crippen LogP contribution in [0.1, 0.15) is 42.5 Å². The number of Topliss-reactive ketones (excluding diaryl/α,β-unsaturated/α-hetero) is 1. The van der Waals surface area contributed by atoms with E-state index in [0.717, 1.165) is 32.1 Å². The summed E-state index contributed by atoms with van der Waals surface area (Å²) in [6.07, 6.45) is 4.85. The summed E-state index contributed by atoms with van der Waals surface area (Å²) in [5.74, 6) is 0.0145. The summed E-state index contributed by atoms with van der Waals surface area (Å²) in [6, 6.07) is 4.13. The molecule has 2 rings (SSSR count). The summed E-state index contributed by atoms with van der Waals surface area (Å²) in [5.41, 5.74) is -0.178. The van der Waals surface area contributed by atoms with Crippen molar-refractivity contribution in [3.63, 3.8) is 0 Å². The van der Waals surface area contributed by atoms with Crippen LogP contribution in [0, 0.1) is 5.82 Å². The van der Waals surface area contributed by atoms with E-state index in [-0.39, 0.29) is 5.78 Å². The van der Waals surface area contributed by atoms with Crippen molar-refractivity contribution >= 4 is 5.78 Å².